The molecule has 1 heterocycles. The van der Waals surface area contributed by atoms with Crippen LogP contribution in [0.25, 0.3) is 21.8 Å². The third kappa shape index (κ3) is 4.98. The highest BCUT2D eigenvalue weighted by atomic mass is 16.5. The summed E-state index contributed by atoms with van der Waals surface area (Å²) in [5.41, 5.74) is 2.61. The average Bonchev–Trinajstić information content (AvgIpc) is 2.95. The predicted molar refractivity (Wildman–Crippen MR) is 101 cm³/mol. The summed E-state index contributed by atoms with van der Waals surface area (Å²) in [7, 11) is 6.13. The fraction of sp³-hybridized carbons (Fsp3) is 0.300. The number of benzene rings is 2. The summed E-state index contributed by atoms with van der Waals surface area (Å²) in [5, 5.41) is 18.9. The van der Waals surface area contributed by atoms with Gasteiger partial charge in [0, 0.05) is 34.8 Å². The van der Waals surface area contributed by atoms with Gasteiger partial charge in [-0.15, -0.1) is 0 Å². The zero-order valence-corrected chi connectivity index (χ0v) is 15.7. The minimum Gasteiger partial charge on any atom is -0.539 e. The van der Waals surface area contributed by atoms with Crippen molar-refractivity contribution in [3.63, 3.8) is 0 Å². The number of nitrogens with one attached hydrogen (secondary N) is 1. The molecule has 7 heteroatoms. The third-order valence-corrected chi connectivity index (χ3v) is 4.21. The molecule has 27 heavy (non-hydrogen) atoms. The van der Waals surface area contributed by atoms with Crippen LogP contribution in [0.3, 0.4) is 0 Å². The van der Waals surface area contributed by atoms with Crippen molar-refractivity contribution in [2.24, 2.45) is 0 Å². The van der Waals surface area contributed by atoms with Gasteiger partial charge in [0.1, 0.15) is 5.75 Å². The number of para-hydroxylation sites is 1. The molecule has 0 unspecified atom stereocenters. The lowest BCUT2D eigenvalue weighted by atomic mass is 10.1. The Morgan fingerprint density at radius 2 is 1.74 bits per heavy atom. The molecule has 0 saturated carbocycles. The first kappa shape index (κ1) is 20.3. The molecule has 3 aromatic rings. The molecule has 0 radical (unpaired) electrons. The molecule has 0 atom stereocenters. The number of methoxy groups -OCH3 is 1. The number of hydrogen-bond donors (Lipinski definition) is 2. The van der Waals surface area contributed by atoms with Gasteiger partial charge in [0.15, 0.2) is 5.97 Å². The van der Waals surface area contributed by atoms with Crippen LogP contribution in [0.5, 0.6) is 5.75 Å². The number of rotatable bonds is 5. The van der Waals surface area contributed by atoms with Crippen molar-refractivity contribution >= 4 is 33.7 Å². The van der Waals surface area contributed by atoms with E-state index < -0.39 is 11.9 Å². The van der Waals surface area contributed by atoms with E-state index in [9.17, 15) is 0 Å². The van der Waals surface area contributed by atoms with Crippen LogP contribution in [-0.2, 0) is 16.1 Å². The van der Waals surface area contributed by atoms with Crippen molar-refractivity contribution < 1.29 is 29.4 Å². The van der Waals surface area contributed by atoms with Gasteiger partial charge in [-0.1, -0.05) is 18.2 Å². The lowest BCUT2D eigenvalue weighted by molar-refractivity contribution is -0.858. The molecule has 0 aliphatic carbocycles. The van der Waals surface area contributed by atoms with E-state index in [2.05, 4.69) is 61.1 Å². The van der Waals surface area contributed by atoms with Crippen molar-refractivity contribution in [1.82, 2.24) is 4.57 Å². The summed E-state index contributed by atoms with van der Waals surface area (Å²) in [6.07, 6.45) is 1.18. The van der Waals surface area contributed by atoms with Crippen LogP contribution in [0.2, 0.25) is 0 Å². The lowest BCUT2D eigenvalue weighted by Gasteiger charge is -2.10. The molecule has 2 N–H and O–H groups in total. The van der Waals surface area contributed by atoms with Crippen LogP contribution in [-0.4, -0.2) is 49.4 Å². The van der Waals surface area contributed by atoms with E-state index in [0.29, 0.717) is 0 Å². The van der Waals surface area contributed by atoms with E-state index in [-0.39, 0.29) is 0 Å². The van der Waals surface area contributed by atoms with E-state index in [4.69, 9.17) is 24.5 Å². The normalized spacial score (nSPS) is 10.7. The Bertz CT molecular complexity index is 934. The fourth-order valence-corrected chi connectivity index (χ4v) is 2.99. The number of aliphatic carboxylic acids is 2. The monoisotopic (exact) mass is 372 g/mol. The standard InChI is InChI=1S/C18H22N2O.C2H2O4/c1-19(2)11-6-12-20-17-8-5-4-7-15(17)16-13-14(21-3)9-10-18(16)20;3-1(4)2(5)6/h4-5,7-10,13H,6,11-12H2,1-3H3;(H,3,4)(H,5,6). The number of quaternary nitrogens is 1. The molecule has 0 aliphatic rings. The molecule has 0 amide bonds. The summed E-state index contributed by atoms with van der Waals surface area (Å²) in [4.78, 5) is 19.5. The summed E-state index contributed by atoms with van der Waals surface area (Å²) < 4.78 is 7.82. The van der Waals surface area contributed by atoms with Crippen molar-refractivity contribution in [2.45, 2.75) is 13.0 Å². The Balaban J connectivity index is 0.000000380. The Kier molecular flexibility index (Phi) is 6.79. The SMILES string of the molecule is COc1ccc2c(c1)c1ccccc1n2CCC[NH+](C)C.O=C([O-])C(=O)O. The second-order valence-corrected chi connectivity index (χ2v) is 6.46. The maximum atomic E-state index is 9.04. The minimum atomic E-state index is -2.07. The smallest absolute Gasteiger partial charge is 0.351 e. The van der Waals surface area contributed by atoms with E-state index in [0.717, 1.165) is 12.3 Å². The van der Waals surface area contributed by atoms with Gasteiger partial charge in [-0.3, -0.25) is 0 Å². The Labute approximate surface area is 157 Å². The van der Waals surface area contributed by atoms with Crippen molar-refractivity contribution in [1.29, 1.82) is 0 Å². The molecule has 0 fully saturated rings. The molecule has 144 valence electrons. The maximum Gasteiger partial charge on any atom is 0.351 e. The van der Waals surface area contributed by atoms with Crippen LogP contribution in [0.4, 0.5) is 0 Å². The highest BCUT2D eigenvalue weighted by molar-refractivity contribution is 6.26. The molecule has 2 aromatic carbocycles. The predicted octanol–water partition coefficient (Wildman–Crippen LogP) is 0.159. The largest absolute Gasteiger partial charge is 0.539 e. The summed E-state index contributed by atoms with van der Waals surface area (Å²) in [5.74, 6) is -3.09. The summed E-state index contributed by atoms with van der Waals surface area (Å²) in [6.45, 7) is 2.24. The highest BCUT2D eigenvalue weighted by Crippen LogP contribution is 2.31. The minimum absolute atomic E-state index is 0.920. The van der Waals surface area contributed by atoms with Crippen LogP contribution in [0.15, 0.2) is 42.5 Å². The molecule has 7 nitrogen and oxygen atoms in total. The Hall–Kier alpha value is -3.06. The Morgan fingerprint density at radius 3 is 2.33 bits per heavy atom. The van der Waals surface area contributed by atoms with Crippen LogP contribution in [0.1, 0.15) is 6.42 Å². The zero-order chi connectivity index (χ0) is 20.0. The number of hydrogen-bond acceptors (Lipinski definition) is 4. The molecule has 0 saturated heterocycles. The lowest BCUT2D eigenvalue weighted by Crippen LogP contribution is -3.05. The molecular weight excluding hydrogens is 348 g/mol. The number of ether oxygens (including phenoxy) is 1. The second-order valence-electron chi connectivity index (χ2n) is 6.46. The maximum absolute atomic E-state index is 9.04. The van der Waals surface area contributed by atoms with E-state index in [1.807, 2.05) is 0 Å². The number of carboxylic acids is 2. The number of carbonyl (C=O) groups is 2. The number of carbonyl (C=O) groups excluding carboxylic acids is 1. The van der Waals surface area contributed by atoms with Gasteiger partial charge in [-0.2, -0.15) is 0 Å². The molecule has 0 spiro atoms. The van der Waals surface area contributed by atoms with Crippen LogP contribution < -0.4 is 14.7 Å². The average molecular weight is 372 g/mol. The first-order valence-corrected chi connectivity index (χ1v) is 8.63. The van der Waals surface area contributed by atoms with Crippen molar-refractivity contribution in [2.75, 3.05) is 27.7 Å². The molecular formula is C20H24N2O5. The van der Waals surface area contributed by atoms with Crippen molar-refractivity contribution in [3.05, 3.63) is 42.5 Å². The van der Waals surface area contributed by atoms with Gasteiger partial charge in [0.25, 0.3) is 0 Å². The third-order valence-electron chi connectivity index (χ3n) is 4.21. The van der Waals surface area contributed by atoms with Gasteiger partial charge < -0.3 is 29.2 Å². The van der Waals surface area contributed by atoms with E-state index >= 15 is 0 Å². The zero-order valence-electron chi connectivity index (χ0n) is 15.7. The van der Waals surface area contributed by atoms with Crippen LogP contribution >= 0.6 is 0 Å². The number of carboxylic acid groups (broad SMARTS) is 2. The Morgan fingerprint density at radius 1 is 1.11 bits per heavy atom. The molecule has 3 rings (SSSR count). The van der Waals surface area contributed by atoms with Gasteiger partial charge in [-0.25, -0.2) is 4.79 Å². The number of nitrogens with zero attached hydrogens (tertiary/aromatic N) is 1. The second kappa shape index (κ2) is 9.05. The van der Waals surface area contributed by atoms with Gasteiger partial charge in [0.2, 0.25) is 0 Å². The highest BCUT2D eigenvalue weighted by Gasteiger charge is 2.11. The van der Waals surface area contributed by atoms with E-state index in [1.54, 1.807) is 7.11 Å². The molecule has 1 aromatic heterocycles. The molecule has 0 bridgehead atoms. The summed E-state index contributed by atoms with van der Waals surface area (Å²) in [6, 6.07) is 15.0. The fourth-order valence-electron chi connectivity index (χ4n) is 2.99. The van der Waals surface area contributed by atoms with Crippen LogP contribution in [0, 0.1) is 0 Å². The van der Waals surface area contributed by atoms with Gasteiger partial charge in [-0.05, 0) is 24.3 Å². The number of aryl methyl sites for hydroxylation is 1. The first-order valence-electron chi connectivity index (χ1n) is 8.63. The summed E-state index contributed by atoms with van der Waals surface area (Å²) >= 11 is 0. The quantitative estimate of drug-likeness (QED) is 0.622. The molecule has 0 aliphatic heterocycles. The van der Waals surface area contributed by atoms with Gasteiger partial charge >= 0.3 is 5.97 Å². The van der Waals surface area contributed by atoms with Gasteiger partial charge in [0.05, 0.1) is 27.7 Å². The van der Waals surface area contributed by atoms with E-state index in [1.165, 1.54) is 39.7 Å². The number of aromatic nitrogens is 1. The number of fused-ring (bicyclic) bond motifs is 3. The first-order chi connectivity index (χ1) is 12.8. The topological polar surface area (TPSA) is 96.0 Å². The van der Waals surface area contributed by atoms with Crippen molar-refractivity contribution in [3.8, 4) is 5.75 Å².